The lowest BCUT2D eigenvalue weighted by Gasteiger charge is -2.26. The number of benzene rings is 4. The van der Waals surface area contributed by atoms with Crippen LogP contribution in [-0.4, -0.2) is 26.8 Å². The number of phenols is 1. The summed E-state index contributed by atoms with van der Waals surface area (Å²) in [6, 6.07) is 28.7. The van der Waals surface area contributed by atoms with Gasteiger partial charge in [-0.05, 0) is 66.1 Å². The van der Waals surface area contributed by atoms with Crippen molar-refractivity contribution in [2.45, 2.75) is 24.0 Å². The van der Waals surface area contributed by atoms with Crippen molar-refractivity contribution in [2.75, 3.05) is 6.54 Å². The number of alkyl halides is 3. The summed E-state index contributed by atoms with van der Waals surface area (Å²) in [5.74, 6) is 0.597. The average Bonchev–Trinajstić information content (AvgIpc) is 2.88. The topological polar surface area (TPSA) is 58.7 Å². The van der Waals surface area contributed by atoms with E-state index < -0.39 is 11.7 Å². The number of thioether (sulfide) groups is 1. The van der Waals surface area contributed by atoms with E-state index in [-0.39, 0.29) is 5.75 Å². The van der Waals surface area contributed by atoms with Crippen molar-refractivity contribution in [3.8, 4) is 11.5 Å². The van der Waals surface area contributed by atoms with Crippen LogP contribution < -0.4 is 0 Å². The number of hydrogen-bond donors (Lipinski definition) is 1. The molecule has 0 aliphatic heterocycles. The fourth-order valence-corrected chi connectivity index (χ4v) is 4.58. The molecule has 37 heavy (non-hydrogen) atoms. The van der Waals surface area contributed by atoms with Gasteiger partial charge >= 0.3 is 6.18 Å². The zero-order valence-corrected chi connectivity index (χ0v) is 20.6. The Labute approximate surface area is 217 Å². The highest BCUT2D eigenvalue weighted by Gasteiger charge is 2.30. The Balaban J connectivity index is 1.69. The van der Waals surface area contributed by atoms with E-state index >= 15 is 0 Å². The van der Waals surface area contributed by atoms with Gasteiger partial charge in [0.2, 0.25) is 0 Å². The molecule has 8 heteroatoms. The number of amidine groups is 1. The van der Waals surface area contributed by atoms with Crippen molar-refractivity contribution in [3.05, 3.63) is 120 Å². The molecule has 0 saturated heterocycles. The summed E-state index contributed by atoms with van der Waals surface area (Å²) in [5, 5.41) is 18.3. The summed E-state index contributed by atoms with van der Waals surface area (Å²) >= 11 is 1.43. The number of aliphatic imine (C=N–C) groups is 1. The van der Waals surface area contributed by atoms with E-state index in [1.54, 1.807) is 18.2 Å². The average molecular weight is 524 g/mol. The third-order valence-electron chi connectivity index (χ3n) is 5.55. The molecule has 4 aromatic rings. The maximum absolute atomic E-state index is 13.1. The Kier molecular flexibility index (Phi) is 8.40. The van der Waals surface area contributed by atoms with E-state index in [2.05, 4.69) is 4.90 Å². The molecule has 0 aromatic heterocycles. The van der Waals surface area contributed by atoms with Crippen LogP contribution in [0.1, 0.15) is 16.7 Å². The van der Waals surface area contributed by atoms with Crippen molar-refractivity contribution in [1.29, 1.82) is 0 Å². The van der Waals surface area contributed by atoms with Gasteiger partial charge in [-0.25, -0.2) is 4.99 Å². The number of nitrogens with zero attached hydrogens (tertiary/aromatic N) is 2. The zero-order chi connectivity index (χ0) is 26.3. The second-order valence-electron chi connectivity index (χ2n) is 8.39. The minimum absolute atomic E-state index is 0.167. The highest BCUT2D eigenvalue weighted by atomic mass is 32.2. The number of hydrogen-bond acceptors (Lipinski definition) is 3. The fraction of sp³-hybridized carbons (Fsp3) is 0.138. The Morgan fingerprint density at radius 1 is 0.838 bits per heavy atom. The maximum atomic E-state index is 13.1. The smallest absolute Gasteiger partial charge is 0.416 e. The summed E-state index contributed by atoms with van der Waals surface area (Å²) in [5.41, 5.74) is 1.64. The lowest BCUT2D eigenvalue weighted by atomic mass is 10.1. The van der Waals surface area contributed by atoms with Gasteiger partial charge in [-0.2, -0.15) is 13.2 Å². The van der Waals surface area contributed by atoms with Gasteiger partial charge in [-0.1, -0.05) is 54.2 Å². The quantitative estimate of drug-likeness (QED) is 0.119. The molecule has 0 spiro atoms. The van der Waals surface area contributed by atoms with Gasteiger partial charge in [0.1, 0.15) is 5.75 Å². The molecular weight excluding hydrogens is 497 g/mol. The third kappa shape index (κ3) is 7.79. The molecule has 0 atom stereocenters. The second kappa shape index (κ2) is 11.9. The standard InChI is InChI=1S/C29H25F3N2O2S/c30-29(31,32)23-11-13-24(14-12-23)33-28(37-27-7-2-1-3-8-27)34(20-22-9-15-25(35)16-10-22)18-17-21-5-4-6-26(36)19-21/h1-16,19,35-36H,17-18,20H2/p+1. The molecule has 0 saturated carbocycles. The van der Waals surface area contributed by atoms with Gasteiger partial charge in [0.05, 0.1) is 11.3 Å². The van der Waals surface area contributed by atoms with E-state index in [0.717, 1.165) is 28.2 Å². The molecule has 0 aliphatic rings. The second-order valence-corrected chi connectivity index (χ2v) is 9.43. The molecule has 3 N–H and O–H groups in total. The van der Waals surface area contributed by atoms with Gasteiger partial charge in [0.25, 0.3) is 5.75 Å². The van der Waals surface area contributed by atoms with E-state index in [1.165, 1.54) is 23.9 Å². The summed E-state index contributed by atoms with van der Waals surface area (Å²) in [6.07, 6.45) is -3.77. The van der Waals surface area contributed by atoms with Crippen LogP contribution in [0.3, 0.4) is 0 Å². The fourth-order valence-electron chi connectivity index (χ4n) is 3.64. The molecule has 4 aromatic carbocycles. The molecule has 0 heterocycles. The lowest BCUT2D eigenvalue weighted by Crippen LogP contribution is -2.30. The number of phenolic OH excluding ortho intramolecular Hbond substituents is 1. The summed E-state index contributed by atoms with van der Waals surface area (Å²) in [7, 11) is 0. The van der Waals surface area contributed by atoms with Gasteiger partial charge in [-0.3, -0.25) is 0 Å². The van der Waals surface area contributed by atoms with Gasteiger partial charge in [0.15, 0.2) is 5.17 Å². The van der Waals surface area contributed by atoms with Crippen LogP contribution in [0.15, 0.2) is 113 Å². The number of halogens is 3. The minimum atomic E-state index is -4.42. The Morgan fingerprint density at radius 3 is 2.19 bits per heavy atom. The SMILES string of the molecule is Oc1ccc(CN(CCc2cccc([OH2+])c2)C(=Nc2ccc(C(F)(F)F)cc2)Sc2ccccc2)cc1. The first-order chi connectivity index (χ1) is 17.8. The van der Waals surface area contributed by atoms with E-state index in [1.807, 2.05) is 60.7 Å². The van der Waals surface area contributed by atoms with Gasteiger partial charge in [-0.15, -0.1) is 0 Å². The first-order valence-electron chi connectivity index (χ1n) is 11.6. The summed E-state index contributed by atoms with van der Waals surface area (Å²) in [4.78, 5) is 7.78. The predicted octanol–water partition coefficient (Wildman–Crippen LogP) is 7.37. The first-order valence-corrected chi connectivity index (χ1v) is 12.4. The molecule has 190 valence electrons. The Morgan fingerprint density at radius 2 is 1.54 bits per heavy atom. The number of rotatable bonds is 7. The Bertz CT molecular complexity index is 1330. The normalized spacial score (nSPS) is 11.9. The molecular formula is C29H26F3N2O2S+. The molecule has 0 fully saturated rings. The first kappa shape index (κ1) is 26.2. The zero-order valence-electron chi connectivity index (χ0n) is 19.8. The lowest BCUT2D eigenvalue weighted by molar-refractivity contribution is -0.137. The van der Waals surface area contributed by atoms with Crippen LogP contribution in [-0.2, 0) is 19.1 Å². The minimum Gasteiger partial charge on any atom is -0.593 e. The molecule has 0 aliphatic carbocycles. The molecule has 4 rings (SSSR count). The molecule has 0 amide bonds. The van der Waals surface area contributed by atoms with Crippen molar-refractivity contribution in [2.24, 2.45) is 4.99 Å². The summed E-state index contributed by atoms with van der Waals surface area (Å²) < 4.78 is 39.2. The van der Waals surface area contributed by atoms with Crippen LogP contribution in [0.2, 0.25) is 0 Å². The van der Waals surface area contributed by atoms with Gasteiger partial charge in [0, 0.05) is 30.1 Å². The van der Waals surface area contributed by atoms with Crippen molar-refractivity contribution >= 4 is 22.6 Å². The van der Waals surface area contributed by atoms with Crippen molar-refractivity contribution in [3.63, 3.8) is 0 Å². The molecule has 0 bridgehead atoms. The third-order valence-corrected chi connectivity index (χ3v) is 6.59. The monoisotopic (exact) mass is 523 g/mol. The van der Waals surface area contributed by atoms with Gasteiger partial charge < -0.3 is 15.1 Å². The van der Waals surface area contributed by atoms with Crippen LogP contribution in [0.4, 0.5) is 18.9 Å². The van der Waals surface area contributed by atoms with E-state index in [4.69, 9.17) is 10.1 Å². The highest BCUT2D eigenvalue weighted by Crippen LogP contribution is 2.32. The number of aromatic hydroxyl groups is 1. The molecule has 0 unspecified atom stereocenters. The van der Waals surface area contributed by atoms with Crippen LogP contribution >= 0.6 is 11.8 Å². The van der Waals surface area contributed by atoms with Crippen LogP contribution in [0.25, 0.3) is 0 Å². The molecule has 0 radical (unpaired) electrons. The summed E-state index contributed by atoms with van der Waals surface area (Å²) in [6.45, 7) is 1.03. The molecule has 4 nitrogen and oxygen atoms in total. The highest BCUT2D eigenvalue weighted by molar-refractivity contribution is 8.13. The van der Waals surface area contributed by atoms with Crippen molar-refractivity contribution in [1.82, 2.24) is 4.90 Å². The van der Waals surface area contributed by atoms with Crippen molar-refractivity contribution < 1.29 is 23.4 Å². The largest absolute Gasteiger partial charge is 0.593 e. The maximum Gasteiger partial charge on any atom is 0.416 e. The Hall–Kier alpha value is -3.91. The van der Waals surface area contributed by atoms with E-state index in [9.17, 15) is 18.3 Å². The van der Waals surface area contributed by atoms with Crippen LogP contribution in [0.5, 0.6) is 11.5 Å². The predicted molar refractivity (Wildman–Crippen MR) is 143 cm³/mol. The van der Waals surface area contributed by atoms with E-state index in [0.29, 0.717) is 36.1 Å². The van der Waals surface area contributed by atoms with Crippen LogP contribution in [0, 0.1) is 0 Å².